The SMILES string of the molecule is COc1ccc(-c2c(C)nn(CC3CCC(COCC(=O)O)CC3)c2-c2ccccc2)cc1. The number of benzene rings is 2. The topological polar surface area (TPSA) is 73.6 Å². The smallest absolute Gasteiger partial charge is 0.329 e. The molecule has 0 saturated heterocycles. The molecule has 0 bridgehead atoms. The molecule has 1 saturated carbocycles. The summed E-state index contributed by atoms with van der Waals surface area (Å²) in [6, 6.07) is 18.7. The molecule has 0 amide bonds. The van der Waals surface area contributed by atoms with Gasteiger partial charge in [-0.2, -0.15) is 5.10 Å². The molecule has 0 atom stereocenters. The molecule has 33 heavy (non-hydrogen) atoms. The van der Waals surface area contributed by atoms with Crippen LogP contribution in [-0.2, 0) is 16.1 Å². The lowest BCUT2D eigenvalue weighted by molar-refractivity contribution is -0.142. The van der Waals surface area contributed by atoms with Crippen LogP contribution in [0, 0.1) is 18.8 Å². The van der Waals surface area contributed by atoms with Gasteiger partial charge in [0.05, 0.1) is 25.1 Å². The van der Waals surface area contributed by atoms with E-state index in [1.807, 2.05) is 18.2 Å². The lowest BCUT2D eigenvalue weighted by Gasteiger charge is -2.28. The monoisotopic (exact) mass is 448 g/mol. The van der Waals surface area contributed by atoms with Crippen LogP contribution < -0.4 is 4.74 Å². The van der Waals surface area contributed by atoms with Crippen LogP contribution >= 0.6 is 0 Å². The number of hydrogen-bond acceptors (Lipinski definition) is 4. The van der Waals surface area contributed by atoms with Gasteiger partial charge in [-0.25, -0.2) is 4.79 Å². The molecule has 0 radical (unpaired) electrons. The second-order valence-electron chi connectivity index (χ2n) is 8.88. The van der Waals surface area contributed by atoms with Crippen molar-refractivity contribution in [2.75, 3.05) is 20.3 Å². The van der Waals surface area contributed by atoms with Crippen LogP contribution in [0.4, 0.5) is 0 Å². The van der Waals surface area contributed by atoms with Gasteiger partial charge in [-0.3, -0.25) is 4.68 Å². The van der Waals surface area contributed by atoms with Gasteiger partial charge in [0.15, 0.2) is 0 Å². The summed E-state index contributed by atoms with van der Waals surface area (Å²) in [7, 11) is 1.68. The molecular weight excluding hydrogens is 416 g/mol. The van der Waals surface area contributed by atoms with Crippen molar-refractivity contribution < 1.29 is 19.4 Å². The van der Waals surface area contributed by atoms with Crippen molar-refractivity contribution >= 4 is 5.97 Å². The Morgan fingerprint density at radius 1 is 1.00 bits per heavy atom. The number of methoxy groups -OCH3 is 1. The van der Waals surface area contributed by atoms with Crippen molar-refractivity contribution in [2.45, 2.75) is 39.2 Å². The average Bonchev–Trinajstić information content (AvgIpc) is 3.16. The van der Waals surface area contributed by atoms with Gasteiger partial charge < -0.3 is 14.6 Å². The molecule has 1 aliphatic rings. The van der Waals surface area contributed by atoms with Gasteiger partial charge in [0.2, 0.25) is 0 Å². The number of hydrogen-bond donors (Lipinski definition) is 1. The molecule has 0 aliphatic heterocycles. The number of nitrogens with zero attached hydrogens (tertiary/aromatic N) is 2. The summed E-state index contributed by atoms with van der Waals surface area (Å²) in [6.07, 6.45) is 4.34. The fourth-order valence-electron chi connectivity index (χ4n) is 4.84. The first-order valence-corrected chi connectivity index (χ1v) is 11.6. The number of aliphatic carboxylic acids is 1. The van der Waals surface area contributed by atoms with Crippen molar-refractivity contribution in [1.29, 1.82) is 0 Å². The third-order valence-corrected chi connectivity index (χ3v) is 6.53. The normalized spacial score (nSPS) is 18.2. The Labute approximate surface area is 195 Å². The molecule has 6 heteroatoms. The van der Waals surface area contributed by atoms with Crippen molar-refractivity contribution in [3.63, 3.8) is 0 Å². The van der Waals surface area contributed by atoms with E-state index in [2.05, 4.69) is 48.0 Å². The molecular formula is C27H32N2O4. The predicted molar refractivity (Wildman–Crippen MR) is 128 cm³/mol. The molecule has 1 N–H and O–H groups in total. The zero-order valence-corrected chi connectivity index (χ0v) is 19.4. The molecule has 0 spiro atoms. The number of carbonyl (C=O) groups is 1. The summed E-state index contributed by atoms with van der Waals surface area (Å²) >= 11 is 0. The molecule has 0 unspecified atom stereocenters. The summed E-state index contributed by atoms with van der Waals surface area (Å²) in [5.41, 5.74) is 5.65. The molecule has 1 aromatic heterocycles. The van der Waals surface area contributed by atoms with Gasteiger partial charge in [-0.05, 0) is 62.1 Å². The highest BCUT2D eigenvalue weighted by Crippen LogP contribution is 2.37. The molecule has 174 valence electrons. The van der Waals surface area contributed by atoms with Crippen LogP contribution in [0.3, 0.4) is 0 Å². The van der Waals surface area contributed by atoms with Gasteiger partial charge >= 0.3 is 5.97 Å². The minimum absolute atomic E-state index is 0.207. The molecule has 1 heterocycles. The lowest BCUT2D eigenvalue weighted by atomic mass is 9.82. The summed E-state index contributed by atoms with van der Waals surface area (Å²) in [4.78, 5) is 10.7. The zero-order valence-electron chi connectivity index (χ0n) is 19.4. The van der Waals surface area contributed by atoms with E-state index in [1.165, 1.54) is 11.1 Å². The van der Waals surface area contributed by atoms with E-state index in [0.29, 0.717) is 18.4 Å². The Hall–Kier alpha value is -3.12. The van der Waals surface area contributed by atoms with Crippen LogP contribution in [0.1, 0.15) is 31.4 Å². The predicted octanol–water partition coefficient (Wildman–Crippen LogP) is 5.44. The van der Waals surface area contributed by atoms with Crippen molar-refractivity contribution in [3.8, 4) is 28.1 Å². The quantitative estimate of drug-likeness (QED) is 0.472. The van der Waals surface area contributed by atoms with E-state index in [0.717, 1.165) is 54.9 Å². The Bertz CT molecular complexity index is 1050. The fraction of sp³-hybridized carbons (Fsp3) is 0.407. The highest BCUT2D eigenvalue weighted by molar-refractivity contribution is 5.83. The van der Waals surface area contributed by atoms with Gasteiger partial charge in [0.25, 0.3) is 0 Å². The van der Waals surface area contributed by atoms with E-state index >= 15 is 0 Å². The number of aryl methyl sites for hydroxylation is 1. The van der Waals surface area contributed by atoms with Gasteiger partial charge in [0, 0.05) is 17.7 Å². The zero-order chi connectivity index (χ0) is 23.2. The van der Waals surface area contributed by atoms with E-state index < -0.39 is 5.97 Å². The Kier molecular flexibility index (Phi) is 7.45. The Balaban J connectivity index is 1.54. The third kappa shape index (κ3) is 5.63. The van der Waals surface area contributed by atoms with Crippen LogP contribution in [0.2, 0.25) is 0 Å². The summed E-state index contributed by atoms with van der Waals surface area (Å²) in [6.45, 7) is 3.29. The second kappa shape index (κ2) is 10.7. The molecule has 1 fully saturated rings. The Morgan fingerprint density at radius 2 is 1.67 bits per heavy atom. The lowest BCUT2D eigenvalue weighted by Crippen LogP contribution is -2.23. The summed E-state index contributed by atoms with van der Waals surface area (Å²) in [5, 5.41) is 13.7. The van der Waals surface area contributed by atoms with E-state index in [1.54, 1.807) is 7.11 Å². The van der Waals surface area contributed by atoms with Crippen LogP contribution in [-0.4, -0.2) is 41.2 Å². The summed E-state index contributed by atoms with van der Waals surface area (Å²) in [5.74, 6) is 0.933. The van der Waals surface area contributed by atoms with E-state index in [-0.39, 0.29) is 6.61 Å². The van der Waals surface area contributed by atoms with E-state index in [9.17, 15) is 4.79 Å². The van der Waals surface area contributed by atoms with Gasteiger partial charge in [-0.1, -0.05) is 42.5 Å². The van der Waals surface area contributed by atoms with Crippen molar-refractivity contribution in [1.82, 2.24) is 9.78 Å². The number of aromatic nitrogens is 2. The summed E-state index contributed by atoms with van der Waals surface area (Å²) < 4.78 is 12.9. The standard InChI is InChI=1S/C27H32N2O4/c1-19-26(22-12-14-24(32-2)15-13-22)27(23-6-4-3-5-7-23)29(28-19)16-20-8-10-21(11-9-20)17-33-18-25(30)31/h3-7,12-15,20-21H,8-11,16-18H2,1-2H3,(H,30,31). The van der Waals surface area contributed by atoms with Crippen LogP contribution in [0.5, 0.6) is 5.75 Å². The number of carboxylic acid groups (broad SMARTS) is 1. The highest BCUT2D eigenvalue weighted by Gasteiger charge is 2.25. The highest BCUT2D eigenvalue weighted by atomic mass is 16.5. The second-order valence-corrected chi connectivity index (χ2v) is 8.88. The first-order chi connectivity index (χ1) is 16.0. The van der Waals surface area contributed by atoms with Crippen molar-refractivity contribution in [3.05, 3.63) is 60.3 Å². The molecule has 2 aromatic carbocycles. The molecule has 1 aliphatic carbocycles. The number of ether oxygens (including phenoxy) is 2. The maximum Gasteiger partial charge on any atom is 0.329 e. The first-order valence-electron chi connectivity index (χ1n) is 11.6. The van der Waals surface area contributed by atoms with E-state index in [4.69, 9.17) is 19.7 Å². The fourth-order valence-corrected chi connectivity index (χ4v) is 4.84. The van der Waals surface area contributed by atoms with Crippen LogP contribution in [0.15, 0.2) is 54.6 Å². The molecule has 4 rings (SSSR count). The maximum absolute atomic E-state index is 10.7. The Morgan fingerprint density at radius 3 is 2.30 bits per heavy atom. The number of carboxylic acids is 1. The largest absolute Gasteiger partial charge is 0.497 e. The number of rotatable bonds is 9. The minimum Gasteiger partial charge on any atom is -0.497 e. The minimum atomic E-state index is -0.904. The molecule has 6 nitrogen and oxygen atoms in total. The van der Waals surface area contributed by atoms with Gasteiger partial charge in [0.1, 0.15) is 12.4 Å². The van der Waals surface area contributed by atoms with Gasteiger partial charge in [-0.15, -0.1) is 0 Å². The van der Waals surface area contributed by atoms with Crippen LogP contribution in [0.25, 0.3) is 22.4 Å². The third-order valence-electron chi connectivity index (χ3n) is 6.53. The maximum atomic E-state index is 10.7. The average molecular weight is 449 g/mol. The molecule has 3 aromatic rings. The van der Waals surface area contributed by atoms with Crippen molar-refractivity contribution in [2.24, 2.45) is 11.8 Å². The first kappa shape index (κ1) is 23.1.